The van der Waals surface area contributed by atoms with E-state index in [0.717, 1.165) is 11.9 Å². The van der Waals surface area contributed by atoms with Crippen LogP contribution in [0.5, 0.6) is 0 Å². The van der Waals surface area contributed by atoms with Gasteiger partial charge in [0.2, 0.25) is 0 Å². The van der Waals surface area contributed by atoms with E-state index in [2.05, 4.69) is 5.32 Å². The summed E-state index contributed by atoms with van der Waals surface area (Å²) in [6, 6.07) is -0.646. The van der Waals surface area contributed by atoms with E-state index in [9.17, 15) is 4.79 Å². The molecular weight excluding hydrogens is 233 g/mol. The molecule has 0 spiro atoms. The Kier molecular flexibility index (Phi) is 3.29. The van der Waals surface area contributed by atoms with Crippen LogP contribution >= 0.6 is 0 Å². The van der Waals surface area contributed by atoms with Crippen molar-refractivity contribution in [2.45, 2.75) is 51.4 Å². The number of nitrogens with one attached hydrogen (secondary N) is 1. The van der Waals surface area contributed by atoms with Gasteiger partial charge in [0.1, 0.15) is 6.04 Å². The van der Waals surface area contributed by atoms with Gasteiger partial charge >= 0.3 is 13.1 Å². The summed E-state index contributed by atoms with van der Waals surface area (Å²) >= 11 is 0. The first-order chi connectivity index (χ1) is 8.23. The van der Waals surface area contributed by atoms with Crippen molar-refractivity contribution in [3.8, 4) is 0 Å². The molecule has 0 aromatic carbocycles. The lowest BCUT2D eigenvalue weighted by atomic mass is 9.74. The zero-order chi connectivity index (χ0) is 13.6. The van der Waals surface area contributed by atoms with Crippen LogP contribution in [0.3, 0.4) is 0 Å². The standard InChI is InChI=1S/C12H20BNO4/c1-11(2)12(3,4)18-13(17-11)8-5-6-14-9(7-8)10(15)16/h7,9,14H,5-6H2,1-4H3,(H,15,16). The quantitative estimate of drug-likeness (QED) is 0.718. The van der Waals surface area contributed by atoms with Crippen LogP contribution in [0.15, 0.2) is 11.5 Å². The minimum atomic E-state index is -0.872. The van der Waals surface area contributed by atoms with Crippen molar-refractivity contribution in [1.82, 2.24) is 5.32 Å². The molecule has 18 heavy (non-hydrogen) atoms. The summed E-state index contributed by atoms with van der Waals surface area (Å²) in [6.45, 7) is 8.59. The molecule has 0 radical (unpaired) electrons. The topological polar surface area (TPSA) is 67.8 Å². The molecule has 1 atom stereocenters. The van der Waals surface area contributed by atoms with Crippen molar-refractivity contribution in [2.75, 3.05) is 6.54 Å². The molecule has 0 bridgehead atoms. The average Bonchev–Trinajstić information content (AvgIpc) is 2.48. The number of hydrogen-bond acceptors (Lipinski definition) is 4. The SMILES string of the molecule is CC1(C)OB(C2=CC(C(=O)O)NCC2)OC1(C)C. The van der Waals surface area contributed by atoms with E-state index in [0.29, 0.717) is 6.54 Å². The summed E-state index contributed by atoms with van der Waals surface area (Å²) in [5, 5.41) is 11.9. The third kappa shape index (κ3) is 2.32. The molecular formula is C12H20BNO4. The van der Waals surface area contributed by atoms with Gasteiger partial charge in [-0.2, -0.15) is 0 Å². The smallest absolute Gasteiger partial charge is 0.480 e. The molecule has 0 aromatic rings. The Morgan fingerprint density at radius 1 is 1.39 bits per heavy atom. The Bertz CT molecular complexity index is 376. The number of aliphatic carboxylic acids is 1. The Morgan fingerprint density at radius 2 is 1.94 bits per heavy atom. The molecule has 1 unspecified atom stereocenters. The summed E-state index contributed by atoms with van der Waals surface area (Å²) in [5.41, 5.74) is 0.143. The summed E-state index contributed by atoms with van der Waals surface area (Å²) in [5.74, 6) is -0.872. The molecule has 5 nitrogen and oxygen atoms in total. The molecule has 0 saturated carbocycles. The molecule has 0 amide bonds. The largest absolute Gasteiger partial charge is 0.490 e. The van der Waals surface area contributed by atoms with E-state index < -0.39 is 19.1 Å². The second kappa shape index (κ2) is 4.37. The Labute approximate surface area is 108 Å². The molecule has 2 N–H and O–H groups in total. The second-order valence-corrected chi connectivity index (χ2v) is 5.85. The van der Waals surface area contributed by atoms with Crippen molar-refractivity contribution >= 4 is 13.1 Å². The third-order valence-corrected chi connectivity index (χ3v) is 3.98. The lowest BCUT2D eigenvalue weighted by Gasteiger charge is -2.32. The molecule has 6 heteroatoms. The number of carboxylic acid groups (broad SMARTS) is 1. The van der Waals surface area contributed by atoms with Crippen LogP contribution < -0.4 is 5.32 Å². The van der Waals surface area contributed by atoms with Gasteiger partial charge in [0.25, 0.3) is 0 Å². The Morgan fingerprint density at radius 3 is 2.44 bits per heavy atom. The molecule has 2 heterocycles. The molecule has 2 aliphatic rings. The number of rotatable bonds is 2. The first-order valence-electron chi connectivity index (χ1n) is 6.25. The van der Waals surface area contributed by atoms with Crippen LogP contribution in [0, 0.1) is 0 Å². The zero-order valence-corrected chi connectivity index (χ0v) is 11.3. The number of hydrogen-bond donors (Lipinski definition) is 2. The lowest BCUT2D eigenvalue weighted by Crippen LogP contribution is -2.41. The molecule has 0 aliphatic carbocycles. The highest BCUT2D eigenvalue weighted by atomic mass is 16.7. The van der Waals surface area contributed by atoms with Gasteiger partial charge in [0.15, 0.2) is 0 Å². The van der Waals surface area contributed by atoms with Gasteiger partial charge in [-0.3, -0.25) is 4.79 Å². The summed E-state index contributed by atoms with van der Waals surface area (Å²) in [4.78, 5) is 11.0. The van der Waals surface area contributed by atoms with Gasteiger partial charge in [0, 0.05) is 0 Å². The predicted molar refractivity (Wildman–Crippen MR) is 68.2 cm³/mol. The molecule has 1 saturated heterocycles. The fourth-order valence-corrected chi connectivity index (χ4v) is 2.08. The average molecular weight is 253 g/mol. The summed E-state index contributed by atoms with van der Waals surface area (Å²) in [6.07, 6.45) is 2.45. The fraction of sp³-hybridized carbons (Fsp3) is 0.750. The van der Waals surface area contributed by atoms with Crippen molar-refractivity contribution in [3.63, 3.8) is 0 Å². The normalized spacial score (nSPS) is 30.1. The molecule has 100 valence electrons. The second-order valence-electron chi connectivity index (χ2n) is 5.85. The van der Waals surface area contributed by atoms with Gasteiger partial charge in [-0.25, -0.2) is 0 Å². The van der Waals surface area contributed by atoms with Crippen LogP contribution in [0.2, 0.25) is 0 Å². The molecule has 2 rings (SSSR count). The van der Waals surface area contributed by atoms with Gasteiger partial charge in [0.05, 0.1) is 11.2 Å². The van der Waals surface area contributed by atoms with Gasteiger partial charge in [-0.05, 0) is 46.1 Å². The van der Waals surface area contributed by atoms with E-state index in [1.807, 2.05) is 27.7 Å². The van der Waals surface area contributed by atoms with E-state index in [-0.39, 0.29) is 11.2 Å². The van der Waals surface area contributed by atoms with Gasteiger partial charge in [-0.15, -0.1) is 0 Å². The van der Waals surface area contributed by atoms with Crippen molar-refractivity contribution in [3.05, 3.63) is 11.5 Å². The predicted octanol–water partition coefficient (Wildman–Crippen LogP) is 0.991. The van der Waals surface area contributed by atoms with E-state index >= 15 is 0 Å². The molecule has 1 fully saturated rings. The van der Waals surface area contributed by atoms with Crippen LogP contribution in [0.1, 0.15) is 34.1 Å². The summed E-state index contributed by atoms with van der Waals surface area (Å²) in [7, 11) is -0.432. The maximum atomic E-state index is 11.0. The minimum Gasteiger partial charge on any atom is -0.480 e. The highest BCUT2D eigenvalue weighted by Gasteiger charge is 2.52. The maximum Gasteiger partial charge on any atom is 0.490 e. The number of carbonyl (C=O) groups is 1. The van der Waals surface area contributed by atoms with Gasteiger partial charge < -0.3 is 19.7 Å². The Hall–Kier alpha value is -0.845. The van der Waals surface area contributed by atoms with Crippen molar-refractivity contribution in [1.29, 1.82) is 0 Å². The highest BCUT2D eigenvalue weighted by molar-refractivity contribution is 6.54. The van der Waals surface area contributed by atoms with Crippen LogP contribution in [-0.2, 0) is 14.1 Å². The number of carboxylic acids is 1. The van der Waals surface area contributed by atoms with E-state index in [1.165, 1.54) is 0 Å². The maximum absolute atomic E-state index is 11.0. The van der Waals surface area contributed by atoms with Crippen LogP contribution in [-0.4, -0.2) is 42.0 Å². The first-order valence-corrected chi connectivity index (χ1v) is 6.25. The highest BCUT2D eigenvalue weighted by Crippen LogP contribution is 2.39. The zero-order valence-electron chi connectivity index (χ0n) is 11.3. The lowest BCUT2D eigenvalue weighted by molar-refractivity contribution is -0.138. The third-order valence-electron chi connectivity index (χ3n) is 3.98. The minimum absolute atomic E-state index is 0.387. The van der Waals surface area contributed by atoms with Crippen LogP contribution in [0.25, 0.3) is 0 Å². The molecule has 2 aliphatic heterocycles. The Balaban J connectivity index is 2.17. The van der Waals surface area contributed by atoms with Gasteiger partial charge in [-0.1, -0.05) is 6.08 Å². The summed E-state index contributed by atoms with van der Waals surface area (Å²) < 4.78 is 11.8. The first kappa shape index (κ1) is 13.6. The van der Waals surface area contributed by atoms with E-state index in [1.54, 1.807) is 6.08 Å². The monoisotopic (exact) mass is 253 g/mol. The fourth-order valence-electron chi connectivity index (χ4n) is 2.08. The van der Waals surface area contributed by atoms with Crippen molar-refractivity contribution < 1.29 is 19.2 Å². The van der Waals surface area contributed by atoms with Crippen molar-refractivity contribution in [2.24, 2.45) is 0 Å². The van der Waals surface area contributed by atoms with Crippen LogP contribution in [0.4, 0.5) is 0 Å². The molecule has 0 aromatic heterocycles. The van der Waals surface area contributed by atoms with E-state index in [4.69, 9.17) is 14.4 Å².